The van der Waals surface area contributed by atoms with Gasteiger partial charge in [0.1, 0.15) is 23.2 Å². The van der Waals surface area contributed by atoms with Gasteiger partial charge in [-0.05, 0) is 78.4 Å². The molecule has 178 valence electrons. The Morgan fingerprint density at radius 3 is 2.40 bits per heavy atom. The molecule has 2 aliphatic rings. The van der Waals surface area contributed by atoms with Gasteiger partial charge in [-0.2, -0.15) is 5.10 Å². The third kappa shape index (κ3) is 4.99. The van der Waals surface area contributed by atoms with Crippen LogP contribution in [0.25, 0.3) is 6.08 Å². The van der Waals surface area contributed by atoms with Crippen molar-refractivity contribution in [3.63, 3.8) is 0 Å². The van der Waals surface area contributed by atoms with Crippen LogP contribution in [0.2, 0.25) is 0 Å². The molecule has 2 unspecified atom stereocenters. The maximum Gasteiger partial charge on any atom is 0.281 e. The number of hydrogen-bond donors (Lipinski definition) is 0. The predicted octanol–water partition coefficient (Wildman–Crippen LogP) is 6.31. The van der Waals surface area contributed by atoms with E-state index in [1.165, 1.54) is 47.5 Å². The zero-order valence-corrected chi connectivity index (χ0v) is 18.8. The number of rotatable bonds is 5. The van der Waals surface area contributed by atoms with Crippen LogP contribution in [0.3, 0.4) is 0 Å². The van der Waals surface area contributed by atoms with Crippen molar-refractivity contribution in [2.45, 2.75) is 25.3 Å². The van der Waals surface area contributed by atoms with Gasteiger partial charge in [0.2, 0.25) is 0 Å². The highest BCUT2D eigenvalue weighted by atomic mass is 19.1. The minimum atomic E-state index is -0.456. The number of benzene rings is 3. The molecule has 7 heteroatoms. The number of hydrogen-bond acceptors (Lipinski definition) is 3. The standard InChI is InChI=1S/C28H23F3N2O2/c29-21-11-7-18(8-12-21)15-20-3-1-6-25-27(20)32-33(28(25)19-9-13-22(30)14-10-19)26(34)17-35-24-5-2-4-23(31)16-24/h2,4-5,7-16,25,28H,1,3,6,17H2. The van der Waals surface area contributed by atoms with Crippen LogP contribution in [0.15, 0.2) is 83.5 Å². The van der Waals surface area contributed by atoms with Crippen molar-refractivity contribution in [2.75, 3.05) is 6.61 Å². The lowest BCUT2D eigenvalue weighted by Crippen LogP contribution is -2.34. The maximum atomic E-state index is 13.6. The van der Waals surface area contributed by atoms with Crippen LogP contribution in [0, 0.1) is 23.4 Å². The fraction of sp³-hybridized carbons (Fsp3) is 0.214. The molecule has 0 saturated heterocycles. The summed E-state index contributed by atoms with van der Waals surface area (Å²) in [5, 5.41) is 6.14. The molecule has 2 atom stereocenters. The topological polar surface area (TPSA) is 41.9 Å². The van der Waals surface area contributed by atoms with E-state index in [9.17, 15) is 18.0 Å². The average molecular weight is 476 g/mol. The zero-order chi connectivity index (χ0) is 24.4. The molecule has 0 radical (unpaired) electrons. The van der Waals surface area contributed by atoms with Crippen LogP contribution in [0.4, 0.5) is 13.2 Å². The molecule has 4 nitrogen and oxygen atoms in total. The lowest BCUT2D eigenvalue weighted by Gasteiger charge is -2.29. The molecule has 1 saturated carbocycles. The van der Waals surface area contributed by atoms with Gasteiger partial charge in [0.15, 0.2) is 6.61 Å². The Kier molecular flexibility index (Phi) is 6.40. The first-order chi connectivity index (χ1) is 17.0. The SMILES string of the molecule is O=C(COc1cccc(F)c1)N1N=C2C(=Cc3ccc(F)cc3)CCCC2C1c1ccc(F)cc1. The van der Waals surface area contributed by atoms with Gasteiger partial charge >= 0.3 is 0 Å². The zero-order valence-electron chi connectivity index (χ0n) is 18.8. The van der Waals surface area contributed by atoms with Crippen LogP contribution < -0.4 is 4.74 Å². The van der Waals surface area contributed by atoms with E-state index in [-0.39, 0.29) is 35.8 Å². The molecule has 0 spiro atoms. The van der Waals surface area contributed by atoms with Crippen molar-refractivity contribution in [2.24, 2.45) is 11.0 Å². The second-order valence-electron chi connectivity index (χ2n) is 8.69. The number of carbonyl (C=O) groups excluding carboxylic acids is 1. The largest absolute Gasteiger partial charge is 0.484 e. The minimum absolute atomic E-state index is 0.0703. The molecule has 1 aliphatic carbocycles. The molecule has 0 aromatic heterocycles. The molecule has 1 aliphatic heterocycles. The van der Waals surface area contributed by atoms with Gasteiger partial charge in [0, 0.05) is 12.0 Å². The first kappa shape index (κ1) is 22.9. The summed E-state index contributed by atoms with van der Waals surface area (Å²) in [4.78, 5) is 13.3. The molecule has 3 aromatic rings. The number of nitrogens with zero attached hydrogens (tertiary/aromatic N) is 2. The van der Waals surface area contributed by atoms with Crippen molar-refractivity contribution < 1.29 is 22.7 Å². The average Bonchev–Trinajstić information content (AvgIpc) is 3.25. The number of ether oxygens (including phenoxy) is 1. The summed E-state index contributed by atoms with van der Waals surface area (Å²) in [6.45, 7) is -0.318. The van der Waals surface area contributed by atoms with Gasteiger partial charge in [-0.1, -0.05) is 30.3 Å². The van der Waals surface area contributed by atoms with E-state index in [1.54, 1.807) is 30.3 Å². The van der Waals surface area contributed by atoms with Gasteiger partial charge in [-0.3, -0.25) is 4.79 Å². The number of amides is 1. The summed E-state index contributed by atoms with van der Waals surface area (Å²) >= 11 is 0. The van der Waals surface area contributed by atoms with Crippen molar-refractivity contribution in [1.29, 1.82) is 0 Å². The Hall–Kier alpha value is -3.87. The number of halogens is 3. The highest BCUT2D eigenvalue weighted by molar-refractivity contribution is 6.08. The van der Waals surface area contributed by atoms with Gasteiger partial charge in [0.05, 0.1) is 11.8 Å². The van der Waals surface area contributed by atoms with Gasteiger partial charge in [0.25, 0.3) is 5.91 Å². The third-order valence-corrected chi connectivity index (χ3v) is 6.34. The van der Waals surface area contributed by atoms with Crippen molar-refractivity contribution in [3.8, 4) is 5.75 Å². The minimum Gasteiger partial charge on any atom is -0.484 e. The molecule has 0 bridgehead atoms. The first-order valence-corrected chi connectivity index (χ1v) is 11.5. The monoisotopic (exact) mass is 476 g/mol. The summed E-state index contributed by atoms with van der Waals surface area (Å²) in [5.41, 5.74) is 3.41. The van der Waals surface area contributed by atoms with Crippen molar-refractivity contribution in [1.82, 2.24) is 5.01 Å². The van der Waals surface area contributed by atoms with Crippen LogP contribution in [0.1, 0.15) is 36.4 Å². The molecular formula is C28H23F3N2O2. The van der Waals surface area contributed by atoms with E-state index in [2.05, 4.69) is 0 Å². The lowest BCUT2D eigenvalue weighted by molar-refractivity contribution is -0.135. The second kappa shape index (κ2) is 9.78. The van der Waals surface area contributed by atoms with E-state index in [0.29, 0.717) is 0 Å². The Morgan fingerprint density at radius 2 is 1.69 bits per heavy atom. The van der Waals surface area contributed by atoms with Gasteiger partial charge in [-0.15, -0.1) is 0 Å². The predicted molar refractivity (Wildman–Crippen MR) is 127 cm³/mol. The maximum absolute atomic E-state index is 13.6. The fourth-order valence-corrected chi connectivity index (χ4v) is 4.73. The number of allylic oxidation sites excluding steroid dienone is 1. The van der Waals surface area contributed by atoms with E-state index in [0.717, 1.165) is 41.7 Å². The third-order valence-electron chi connectivity index (χ3n) is 6.34. The van der Waals surface area contributed by atoms with E-state index in [1.807, 2.05) is 6.08 Å². The summed E-state index contributed by atoms with van der Waals surface area (Å²) in [5.74, 6) is -1.33. The fourth-order valence-electron chi connectivity index (χ4n) is 4.73. The molecule has 1 heterocycles. The number of carbonyl (C=O) groups is 1. The molecule has 35 heavy (non-hydrogen) atoms. The summed E-state index contributed by atoms with van der Waals surface area (Å²) < 4.78 is 46.0. The molecule has 1 fully saturated rings. The van der Waals surface area contributed by atoms with E-state index >= 15 is 0 Å². The van der Waals surface area contributed by atoms with Crippen LogP contribution in [0.5, 0.6) is 5.75 Å². The first-order valence-electron chi connectivity index (χ1n) is 11.5. The molecular weight excluding hydrogens is 453 g/mol. The summed E-state index contributed by atoms with van der Waals surface area (Å²) in [7, 11) is 0. The smallest absolute Gasteiger partial charge is 0.281 e. The van der Waals surface area contributed by atoms with Crippen LogP contribution >= 0.6 is 0 Å². The lowest BCUT2D eigenvalue weighted by atomic mass is 9.77. The molecule has 1 amide bonds. The van der Waals surface area contributed by atoms with E-state index < -0.39 is 11.9 Å². The highest BCUT2D eigenvalue weighted by Crippen LogP contribution is 2.44. The van der Waals surface area contributed by atoms with E-state index in [4.69, 9.17) is 9.84 Å². The number of hydrazone groups is 1. The second-order valence-corrected chi connectivity index (χ2v) is 8.69. The Bertz CT molecular complexity index is 1290. The molecule has 0 N–H and O–H groups in total. The Labute approximate surface area is 201 Å². The summed E-state index contributed by atoms with van der Waals surface area (Å²) in [6.07, 6.45) is 4.47. The van der Waals surface area contributed by atoms with Gasteiger partial charge < -0.3 is 4.74 Å². The molecule has 3 aromatic carbocycles. The van der Waals surface area contributed by atoms with Gasteiger partial charge in [-0.25, -0.2) is 18.2 Å². The molecule has 5 rings (SSSR count). The highest BCUT2D eigenvalue weighted by Gasteiger charge is 2.43. The Morgan fingerprint density at radius 1 is 0.971 bits per heavy atom. The van der Waals surface area contributed by atoms with Crippen molar-refractivity contribution in [3.05, 3.63) is 107 Å². The van der Waals surface area contributed by atoms with Crippen LogP contribution in [-0.4, -0.2) is 23.2 Å². The van der Waals surface area contributed by atoms with Crippen LogP contribution in [-0.2, 0) is 4.79 Å². The summed E-state index contributed by atoms with van der Waals surface area (Å²) in [6, 6.07) is 17.5. The Balaban J connectivity index is 1.46. The van der Waals surface area contributed by atoms with Crippen molar-refractivity contribution >= 4 is 17.7 Å². The quantitative estimate of drug-likeness (QED) is 0.433. The number of fused-ring (bicyclic) bond motifs is 1. The normalized spacial score (nSPS) is 20.5.